The molecule has 12 heavy (non-hydrogen) atoms. The highest BCUT2D eigenvalue weighted by Crippen LogP contribution is 2.35. The summed E-state index contributed by atoms with van der Waals surface area (Å²) >= 11 is 1.73. The molecule has 1 heterocycles. The Labute approximate surface area is 77.0 Å². The van der Waals surface area contributed by atoms with Gasteiger partial charge in [-0.3, -0.25) is 0 Å². The molecule has 0 saturated heterocycles. The van der Waals surface area contributed by atoms with E-state index in [1.807, 2.05) is 0 Å². The maximum absolute atomic E-state index is 9.81. The van der Waals surface area contributed by atoms with E-state index >= 15 is 0 Å². The van der Waals surface area contributed by atoms with E-state index in [1.165, 1.54) is 12.0 Å². The Hall–Kier alpha value is -0.340. The predicted molar refractivity (Wildman–Crippen MR) is 51.4 cm³/mol. The van der Waals surface area contributed by atoms with Crippen LogP contribution in [0.2, 0.25) is 0 Å². The zero-order valence-corrected chi connectivity index (χ0v) is 7.94. The van der Waals surface area contributed by atoms with Crippen molar-refractivity contribution < 1.29 is 5.11 Å². The lowest BCUT2D eigenvalue weighted by Crippen LogP contribution is -2.36. The lowest BCUT2D eigenvalue weighted by Gasteiger charge is -2.36. The van der Waals surface area contributed by atoms with Gasteiger partial charge in [0.25, 0.3) is 0 Å². The molecule has 1 aromatic heterocycles. The smallest absolute Gasteiger partial charge is 0.0651 e. The van der Waals surface area contributed by atoms with Crippen LogP contribution < -0.4 is 0 Å². The number of rotatable bonds is 3. The van der Waals surface area contributed by atoms with Crippen molar-refractivity contribution >= 4 is 11.3 Å². The van der Waals surface area contributed by atoms with E-state index in [0.29, 0.717) is 0 Å². The summed E-state index contributed by atoms with van der Waals surface area (Å²) in [5.41, 5.74) is 1.07. The van der Waals surface area contributed by atoms with Crippen LogP contribution >= 0.6 is 11.3 Å². The van der Waals surface area contributed by atoms with Crippen molar-refractivity contribution in [2.75, 3.05) is 0 Å². The fourth-order valence-electron chi connectivity index (χ4n) is 1.65. The van der Waals surface area contributed by atoms with Gasteiger partial charge in [0.1, 0.15) is 0 Å². The van der Waals surface area contributed by atoms with Gasteiger partial charge in [-0.2, -0.15) is 11.3 Å². The first-order valence-corrected chi connectivity index (χ1v) is 5.46. The maximum Gasteiger partial charge on any atom is 0.0651 e. The van der Waals surface area contributed by atoms with Gasteiger partial charge in [-0.15, -0.1) is 0 Å². The van der Waals surface area contributed by atoms with Crippen LogP contribution in [0.15, 0.2) is 16.8 Å². The lowest BCUT2D eigenvalue weighted by molar-refractivity contribution is -0.0397. The molecule has 1 aliphatic rings. The normalized spacial score (nSPS) is 20.4. The third-order valence-electron chi connectivity index (χ3n) is 2.74. The zero-order chi connectivity index (χ0) is 8.44. The third-order valence-corrected chi connectivity index (χ3v) is 3.48. The fraction of sp³-hybridized carbons (Fsp3) is 0.600. The molecule has 0 aromatic carbocycles. The first kappa shape index (κ1) is 8.27. The molecule has 1 saturated carbocycles. The standard InChI is InChI=1S/C10H14OS/c11-10(4-1-5-10)6-2-9-3-7-12-8-9/h3,7-8,11H,1-2,4-6H2. The highest BCUT2D eigenvalue weighted by Gasteiger charge is 2.33. The van der Waals surface area contributed by atoms with Gasteiger partial charge in [0.15, 0.2) is 0 Å². The lowest BCUT2D eigenvalue weighted by atomic mass is 9.77. The highest BCUT2D eigenvalue weighted by molar-refractivity contribution is 7.07. The molecule has 1 N–H and O–H groups in total. The summed E-state index contributed by atoms with van der Waals surface area (Å²) in [7, 11) is 0. The van der Waals surface area contributed by atoms with Crippen molar-refractivity contribution in [3.63, 3.8) is 0 Å². The van der Waals surface area contributed by atoms with Gasteiger partial charge in [0, 0.05) is 0 Å². The van der Waals surface area contributed by atoms with E-state index in [9.17, 15) is 5.11 Å². The predicted octanol–water partition coefficient (Wildman–Crippen LogP) is 2.60. The van der Waals surface area contributed by atoms with Gasteiger partial charge in [-0.25, -0.2) is 0 Å². The molecule has 0 spiro atoms. The van der Waals surface area contributed by atoms with Crippen molar-refractivity contribution in [3.8, 4) is 0 Å². The van der Waals surface area contributed by atoms with E-state index in [-0.39, 0.29) is 5.60 Å². The van der Waals surface area contributed by atoms with Crippen molar-refractivity contribution in [3.05, 3.63) is 22.4 Å². The molecule has 1 nitrogen and oxygen atoms in total. The van der Waals surface area contributed by atoms with Crippen LogP contribution in [0.3, 0.4) is 0 Å². The SMILES string of the molecule is OC1(CCc2ccsc2)CCC1. The van der Waals surface area contributed by atoms with Crippen LogP contribution in [0.25, 0.3) is 0 Å². The highest BCUT2D eigenvalue weighted by atomic mass is 32.1. The van der Waals surface area contributed by atoms with Gasteiger partial charge in [0.05, 0.1) is 5.60 Å². The minimum atomic E-state index is -0.304. The summed E-state index contributed by atoms with van der Waals surface area (Å²) in [5.74, 6) is 0. The van der Waals surface area contributed by atoms with Crippen LogP contribution in [-0.2, 0) is 6.42 Å². The Morgan fingerprint density at radius 2 is 2.33 bits per heavy atom. The van der Waals surface area contributed by atoms with E-state index in [2.05, 4.69) is 16.8 Å². The molecular formula is C10H14OS. The Kier molecular flexibility index (Phi) is 2.20. The topological polar surface area (TPSA) is 20.2 Å². The third kappa shape index (κ3) is 1.70. The fourth-order valence-corrected chi connectivity index (χ4v) is 2.35. The molecule has 0 bridgehead atoms. The summed E-state index contributed by atoms with van der Waals surface area (Å²) in [5, 5.41) is 14.1. The van der Waals surface area contributed by atoms with Crippen LogP contribution in [0.5, 0.6) is 0 Å². The van der Waals surface area contributed by atoms with Crippen LogP contribution in [-0.4, -0.2) is 10.7 Å². The average Bonchev–Trinajstić information content (AvgIpc) is 2.49. The summed E-state index contributed by atoms with van der Waals surface area (Å²) in [6, 6.07) is 2.15. The molecule has 2 heteroatoms. The first-order valence-electron chi connectivity index (χ1n) is 4.52. The molecule has 2 rings (SSSR count). The van der Waals surface area contributed by atoms with E-state index in [0.717, 1.165) is 25.7 Å². The number of hydrogen-bond acceptors (Lipinski definition) is 2. The largest absolute Gasteiger partial charge is 0.390 e. The second-order valence-electron chi connectivity index (χ2n) is 3.71. The number of aliphatic hydroxyl groups is 1. The summed E-state index contributed by atoms with van der Waals surface area (Å²) in [6.07, 6.45) is 5.22. The van der Waals surface area contributed by atoms with Crippen LogP contribution in [0.4, 0.5) is 0 Å². The Balaban J connectivity index is 1.82. The molecule has 0 atom stereocenters. The van der Waals surface area contributed by atoms with Gasteiger partial charge in [0.2, 0.25) is 0 Å². The van der Waals surface area contributed by atoms with Crippen molar-refractivity contribution in [1.29, 1.82) is 0 Å². The number of aryl methyl sites for hydroxylation is 1. The monoisotopic (exact) mass is 182 g/mol. The number of hydrogen-bond donors (Lipinski definition) is 1. The summed E-state index contributed by atoms with van der Waals surface area (Å²) < 4.78 is 0. The Morgan fingerprint density at radius 3 is 2.83 bits per heavy atom. The molecule has 0 amide bonds. The minimum absolute atomic E-state index is 0.304. The van der Waals surface area contributed by atoms with Crippen molar-refractivity contribution in [2.45, 2.75) is 37.7 Å². The van der Waals surface area contributed by atoms with Crippen LogP contribution in [0.1, 0.15) is 31.2 Å². The molecule has 66 valence electrons. The van der Waals surface area contributed by atoms with E-state index in [4.69, 9.17) is 0 Å². The molecule has 1 aliphatic carbocycles. The van der Waals surface area contributed by atoms with E-state index in [1.54, 1.807) is 11.3 Å². The van der Waals surface area contributed by atoms with Crippen LogP contribution in [0, 0.1) is 0 Å². The molecule has 0 unspecified atom stereocenters. The zero-order valence-electron chi connectivity index (χ0n) is 7.12. The maximum atomic E-state index is 9.81. The molecule has 1 fully saturated rings. The van der Waals surface area contributed by atoms with Crippen molar-refractivity contribution in [1.82, 2.24) is 0 Å². The molecule has 0 aliphatic heterocycles. The summed E-state index contributed by atoms with van der Waals surface area (Å²) in [6.45, 7) is 0. The van der Waals surface area contributed by atoms with E-state index < -0.39 is 0 Å². The average molecular weight is 182 g/mol. The minimum Gasteiger partial charge on any atom is -0.390 e. The quantitative estimate of drug-likeness (QED) is 0.761. The first-order chi connectivity index (χ1) is 5.79. The Morgan fingerprint density at radius 1 is 1.50 bits per heavy atom. The number of thiophene rings is 1. The van der Waals surface area contributed by atoms with Gasteiger partial charge in [-0.05, 0) is 54.5 Å². The molecule has 0 radical (unpaired) electrons. The van der Waals surface area contributed by atoms with Gasteiger partial charge in [-0.1, -0.05) is 0 Å². The Bertz CT molecular complexity index is 236. The second-order valence-corrected chi connectivity index (χ2v) is 4.49. The van der Waals surface area contributed by atoms with Gasteiger partial charge < -0.3 is 5.11 Å². The van der Waals surface area contributed by atoms with Crippen molar-refractivity contribution in [2.24, 2.45) is 0 Å². The molecule has 1 aromatic rings. The summed E-state index contributed by atoms with van der Waals surface area (Å²) in [4.78, 5) is 0. The second kappa shape index (κ2) is 3.19. The van der Waals surface area contributed by atoms with Gasteiger partial charge >= 0.3 is 0 Å². The molecular weight excluding hydrogens is 168 g/mol.